The fourth-order valence-corrected chi connectivity index (χ4v) is 7.82. The Bertz CT molecular complexity index is 2230. The van der Waals surface area contributed by atoms with E-state index in [0.29, 0.717) is 0 Å². The van der Waals surface area contributed by atoms with E-state index in [4.69, 9.17) is 0 Å². The Morgan fingerprint density at radius 2 is 0.864 bits per heavy atom. The van der Waals surface area contributed by atoms with Gasteiger partial charge in [-0.3, -0.25) is 0 Å². The van der Waals surface area contributed by atoms with Crippen LogP contribution in [-0.2, 0) is 23.9 Å². The zero-order valence-electron chi connectivity index (χ0n) is 26.5. The van der Waals surface area contributed by atoms with Crippen molar-refractivity contribution in [1.82, 2.24) is 0 Å². The van der Waals surface area contributed by atoms with E-state index in [1.807, 2.05) is 0 Å². The predicted octanol–water partition coefficient (Wildman–Crippen LogP) is 9.53. The lowest BCUT2D eigenvalue weighted by Crippen LogP contribution is -2.40. The zero-order chi connectivity index (χ0) is 30.1. The van der Waals surface area contributed by atoms with Crippen LogP contribution in [0.15, 0.2) is 97.3 Å². The Morgan fingerprint density at radius 3 is 1.27 bits per heavy atom. The van der Waals surface area contributed by atoms with Crippen LogP contribution in [0.25, 0.3) is 65.6 Å². The van der Waals surface area contributed by atoms with Gasteiger partial charge in [-0.25, -0.2) is 0 Å². The van der Waals surface area contributed by atoms with E-state index in [9.17, 15) is 0 Å². The highest BCUT2D eigenvalue weighted by Gasteiger charge is 2.34. The highest BCUT2D eigenvalue weighted by atomic mass is 15.0. The summed E-state index contributed by atoms with van der Waals surface area (Å²) in [5.74, 6) is 0. The molecule has 0 unspecified atom stereocenters. The molecule has 2 aliphatic rings. The molecule has 0 N–H and O–H groups in total. The van der Waals surface area contributed by atoms with Crippen molar-refractivity contribution >= 4 is 43.4 Å². The van der Waals surface area contributed by atoms with Gasteiger partial charge in [-0.05, 0) is 81.6 Å². The van der Waals surface area contributed by atoms with Crippen molar-refractivity contribution in [3.8, 4) is 22.3 Å². The number of aromatic nitrogens is 2. The molecule has 0 spiro atoms. The van der Waals surface area contributed by atoms with Crippen molar-refractivity contribution in [3.63, 3.8) is 0 Å². The van der Waals surface area contributed by atoms with Crippen LogP contribution in [0, 0.1) is 0 Å². The Kier molecular flexibility index (Phi) is 5.03. The number of hydrogen-bond donors (Lipinski definition) is 0. The van der Waals surface area contributed by atoms with Gasteiger partial charge in [-0.1, -0.05) is 77.9 Å². The Balaban J connectivity index is 1.37. The fourth-order valence-electron chi connectivity index (χ4n) is 7.82. The van der Waals surface area contributed by atoms with Gasteiger partial charge in [0, 0.05) is 32.7 Å². The molecule has 44 heavy (non-hydrogen) atoms. The molecule has 0 amide bonds. The fraction of sp³-hybridized carbons (Fsp3) is 0.238. The van der Waals surface area contributed by atoms with Crippen molar-refractivity contribution in [2.45, 2.75) is 65.5 Å². The number of pyridine rings is 2. The number of fused-ring (bicyclic) bond motifs is 8. The first kappa shape index (κ1) is 25.9. The molecule has 2 nitrogen and oxygen atoms in total. The summed E-state index contributed by atoms with van der Waals surface area (Å²) in [6.07, 6.45) is 4.74. The molecule has 5 aromatic carbocycles. The quantitative estimate of drug-likeness (QED) is 0.127. The molecule has 2 aromatic heterocycles. The van der Waals surface area contributed by atoms with Gasteiger partial charge in [0.2, 0.25) is 11.0 Å². The molecule has 0 bridgehead atoms. The molecule has 2 heteroatoms. The van der Waals surface area contributed by atoms with E-state index >= 15 is 0 Å². The van der Waals surface area contributed by atoms with E-state index in [-0.39, 0.29) is 10.8 Å². The van der Waals surface area contributed by atoms with Gasteiger partial charge in [0.1, 0.15) is 0 Å². The van der Waals surface area contributed by atoms with Crippen molar-refractivity contribution in [1.29, 1.82) is 0 Å². The van der Waals surface area contributed by atoms with Crippen LogP contribution in [0.5, 0.6) is 0 Å². The molecule has 9 rings (SSSR count). The van der Waals surface area contributed by atoms with E-state index < -0.39 is 0 Å². The van der Waals surface area contributed by atoms with E-state index in [1.165, 1.54) is 87.9 Å². The van der Waals surface area contributed by atoms with Gasteiger partial charge in [-0.15, -0.1) is 0 Å². The second-order valence-corrected chi connectivity index (χ2v) is 15.2. The molecule has 214 valence electrons. The SMILES string of the molecule is CC(C)(C)c1cc2c3c(c1)c1ccccc1c[n+]3Cc1cc3c(cc1-2)C[n+]1cc2ccccc2c2cc(C(C)(C)C)cc-3c21. The minimum Gasteiger partial charge on any atom is -0.193 e. The maximum Gasteiger partial charge on any atom is 0.221 e. The summed E-state index contributed by atoms with van der Waals surface area (Å²) in [4.78, 5) is 0. The van der Waals surface area contributed by atoms with Crippen molar-refractivity contribution in [3.05, 3.63) is 120 Å². The third-order valence-corrected chi connectivity index (χ3v) is 10.2. The Labute approximate surface area is 259 Å². The summed E-state index contributed by atoms with van der Waals surface area (Å²) in [6, 6.07) is 32.7. The average molecular weight is 571 g/mol. The molecule has 0 saturated heterocycles. The summed E-state index contributed by atoms with van der Waals surface area (Å²) in [7, 11) is 0. The number of rotatable bonds is 0. The van der Waals surface area contributed by atoms with Crippen LogP contribution in [0.4, 0.5) is 0 Å². The van der Waals surface area contributed by atoms with Crippen LogP contribution in [-0.4, -0.2) is 0 Å². The maximum absolute atomic E-state index is 2.53. The van der Waals surface area contributed by atoms with Gasteiger partial charge < -0.3 is 0 Å². The second kappa shape index (κ2) is 8.54. The monoisotopic (exact) mass is 570 g/mol. The molecule has 0 saturated carbocycles. The first-order chi connectivity index (χ1) is 21.0. The highest BCUT2D eigenvalue weighted by molar-refractivity contribution is 6.11. The summed E-state index contributed by atoms with van der Waals surface area (Å²) in [6.45, 7) is 15.8. The van der Waals surface area contributed by atoms with E-state index in [2.05, 4.69) is 148 Å². The topological polar surface area (TPSA) is 7.76 Å². The lowest BCUT2D eigenvalue weighted by atomic mass is 9.79. The molecular formula is C42H38N2+2. The maximum atomic E-state index is 2.53. The zero-order valence-corrected chi connectivity index (χ0v) is 26.5. The summed E-state index contributed by atoms with van der Waals surface area (Å²) in [5.41, 5.74) is 13.9. The average Bonchev–Trinajstić information content (AvgIpc) is 2.99. The Morgan fingerprint density at radius 1 is 0.455 bits per heavy atom. The summed E-state index contributed by atoms with van der Waals surface area (Å²) in [5, 5.41) is 8.00. The van der Waals surface area contributed by atoms with E-state index in [1.54, 1.807) is 0 Å². The number of benzene rings is 5. The molecule has 0 radical (unpaired) electrons. The summed E-state index contributed by atoms with van der Waals surface area (Å²) >= 11 is 0. The van der Waals surface area contributed by atoms with Crippen molar-refractivity contribution in [2.75, 3.05) is 0 Å². The minimum atomic E-state index is 0.0487. The van der Waals surface area contributed by atoms with Crippen LogP contribution in [0.1, 0.15) is 63.8 Å². The Hall–Kier alpha value is -4.56. The molecule has 2 aliphatic heterocycles. The van der Waals surface area contributed by atoms with Gasteiger partial charge in [0.25, 0.3) is 0 Å². The molecular weight excluding hydrogens is 532 g/mol. The third kappa shape index (κ3) is 3.60. The largest absolute Gasteiger partial charge is 0.221 e. The molecule has 0 atom stereocenters. The second-order valence-electron chi connectivity index (χ2n) is 15.2. The predicted molar refractivity (Wildman–Crippen MR) is 183 cm³/mol. The van der Waals surface area contributed by atoms with E-state index in [0.717, 1.165) is 13.1 Å². The van der Waals surface area contributed by atoms with Crippen molar-refractivity contribution < 1.29 is 9.13 Å². The smallest absolute Gasteiger partial charge is 0.193 e. The number of nitrogens with zero attached hydrogens (tertiary/aromatic N) is 2. The first-order valence-electron chi connectivity index (χ1n) is 16.0. The standard InChI is InChI=1S/C42H38N2/c1-41(2,3)29-17-35-31-13-9-7-11-25(31)21-43-23-27-16-34-28(15-33(27)37(19-29)39(35)43)24-44-22-26-12-8-10-14-32(26)36-18-30(42(4,5)6)20-38(34)40(36)44/h7-22H,23-24H2,1-6H3/q+2. The van der Waals surface area contributed by atoms with Gasteiger partial charge in [-0.2, -0.15) is 9.13 Å². The van der Waals surface area contributed by atoms with Crippen molar-refractivity contribution in [2.24, 2.45) is 0 Å². The van der Waals surface area contributed by atoms with Crippen LogP contribution >= 0.6 is 0 Å². The lowest BCUT2D eigenvalue weighted by molar-refractivity contribution is -0.662. The lowest BCUT2D eigenvalue weighted by Gasteiger charge is -2.26. The first-order valence-corrected chi connectivity index (χ1v) is 16.0. The highest BCUT2D eigenvalue weighted by Crippen LogP contribution is 2.44. The molecule has 4 heterocycles. The third-order valence-electron chi connectivity index (χ3n) is 10.2. The summed E-state index contributed by atoms with van der Waals surface area (Å²) < 4.78 is 5.02. The van der Waals surface area contributed by atoms with Gasteiger partial charge in [0.05, 0.1) is 21.9 Å². The molecule has 7 aromatic rings. The molecule has 0 fully saturated rings. The van der Waals surface area contributed by atoms with Gasteiger partial charge >= 0.3 is 0 Å². The minimum absolute atomic E-state index is 0.0487. The normalized spacial score (nSPS) is 14.0. The van der Waals surface area contributed by atoms with Gasteiger partial charge in [0.15, 0.2) is 25.5 Å². The van der Waals surface area contributed by atoms with Crippen LogP contribution in [0.2, 0.25) is 0 Å². The molecule has 0 aliphatic carbocycles. The number of hydrogen-bond acceptors (Lipinski definition) is 0. The van der Waals surface area contributed by atoms with Crippen LogP contribution < -0.4 is 9.13 Å². The van der Waals surface area contributed by atoms with Crippen LogP contribution in [0.3, 0.4) is 0 Å².